The average Bonchev–Trinajstić information content (AvgIpc) is 2.56. The molecule has 2 saturated heterocycles. The van der Waals surface area contributed by atoms with Crippen LogP contribution in [0.3, 0.4) is 0 Å². The summed E-state index contributed by atoms with van der Waals surface area (Å²) in [4.78, 5) is 15.5. The van der Waals surface area contributed by atoms with Gasteiger partial charge >= 0.3 is 0 Å². The predicted octanol–water partition coefficient (Wildman–Crippen LogP) is 3.00. The fourth-order valence-corrected chi connectivity index (χ4v) is 5.03. The maximum atomic E-state index is 13.3. The Hall–Kier alpha value is -0.320. The second-order valence-electron chi connectivity index (χ2n) is 7.85. The summed E-state index contributed by atoms with van der Waals surface area (Å²) < 4.78 is 5.46. The third-order valence-electron chi connectivity index (χ3n) is 6.30. The zero-order chi connectivity index (χ0) is 15.5. The smallest absolute Gasteiger partial charge is 0.231 e. The first kappa shape index (κ1) is 19.0. The van der Waals surface area contributed by atoms with Gasteiger partial charge in [-0.3, -0.25) is 4.79 Å². The van der Waals surface area contributed by atoms with E-state index >= 15 is 0 Å². The number of likely N-dealkylation sites (tertiary alicyclic amines) is 1. The maximum absolute atomic E-state index is 13.3. The summed E-state index contributed by atoms with van der Waals surface area (Å²) in [7, 11) is 1.73. The number of nitrogens with zero attached hydrogens (tertiary/aromatic N) is 1. The van der Waals surface area contributed by atoms with Crippen LogP contribution in [0.15, 0.2) is 0 Å². The minimum atomic E-state index is -0.271. The maximum Gasteiger partial charge on any atom is 0.231 e. The Labute approximate surface area is 147 Å². The van der Waals surface area contributed by atoms with Gasteiger partial charge in [0.05, 0.1) is 12.0 Å². The van der Waals surface area contributed by atoms with Crippen LogP contribution in [0.4, 0.5) is 0 Å². The van der Waals surface area contributed by atoms with Crippen molar-refractivity contribution < 1.29 is 9.53 Å². The van der Waals surface area contributed by atoms with E-state index in [4.69, 9.17) is 4.74 Å². The Morgan fingerprint density at radius 3 is 2.35 bits per heavy atom. The third kappa shape index (κ3) is 4.02. The Morgan fingerprint density at radius 1 is 1.04 bits per heavy atom. The number of ether oxygens (including phenoxy) is 1. The van der Waals surface area contributed by atoms with Gasteiger partial charge in [0.2, 0.25) is 5.91 Å². The second kappa shape index (κ2) is 8.17. The summed E-state index contributed by atoms with van der Waals surface area (Å²) in [6.07, 6.45) is 11.1. The van der Waals surface area contributed by atoms with E-state index in [1.165, 1.54) is 44.9 Å². The Morgan fingerprint density at radius 2 is 1.70 bits per heavy atom. The van der Waals surface area contributed by atoms with Crippen molar-refractivity contribution >= 4 is 18.3 Å². The number of carbonyl (C=O) groups is 1. The van der Waals surface area contributed by atoms with Crippen molar-refractivity contribution in [1.29, 1.82) is 0 Å². The van der Waals surface area contributed by atoms with E-state index in [0.717, 1.165) is 39.0 Å². The number of hydrogen-bond donors (Lipinski definition) is 1. The minimum absolute atomic E-state index is 0. The van der Waals surface area contributed by atoms with Crippen LogP contribution >= 0.6 is 12.4 Å². The number of methoxy groups -OCH3 is 1. The van der Waals surface area contributed by atoms with Crippen molar-refractivity contribution in [3.05, 3.63) is 0 Å². The largest absolute Gasteiger partial charge is 0.384 e. The fraction of sp³-hybridized carbons (Fsp3) is 0.944. The van der Waals surface area contributed by atoms with Gasteiger partial charge in [-0.2, -0.15) is 0 Å². The summed E-state index contributed by atoms with van der Waals surface area (Å²) in [5.74, 6) is 0.375. The van der Waals surface area contributed by atoms with E-state index < -0.39 is 0 Å². The number of carbonyl (C=O) groups excluding carboxylic acids is 1. The molecular formula is C18H33ClN2O2. The molecule has 1 spiro atoms. The quantitative estimate of drug-likeness (QED) is 0.855. The SMILES string of the molecule is COCC1(C(=O)N2CCCC3(CCCCC3)C2)CCNCC1.Cl. The van der Waals surface area contributed by atoms with Gasteiger partial charge in [-0.1, -0.05) is 19.3 Å². The Bertz CT molecular complexity index is 379. The molecule has 2 aliphatic heterocycles. The molecule has 0 bridgehead atoms. The summed E-state index contributed by atoms with van der Waals surface area (Å²) in [6.45, 7) is 4.42. The van der Waals surface area contributed by atoms with Crippen molar-refractivity contribution in [2.45, 2.75) is 57.8 Å². The molecule has 0 aromatic carbocycles. The first-order chi connectivity index (χ1) is 10.7. The minimum Gasteiger partial charge on any atom is -0.384 e. The Balaban J connectivity index is 0.00000192. The molecule has 0 unspecified atom stereocenters. The molecule has 3 aliphatic rings. The van der Waals surface area contributed by atoms with Gasteiger partial charge in [0.25, 0.3) is 0 Å². The first-order valence-electron chi connectivity index (χ1n) is 9.19. The third-order valence-corrected chi connectivity index (χ3v) is 6.30. The van der Waals surface area contributed by atoms with Crippen LogP contribution in [0, 0.1) is 10.8 Å². The molecule has 1 aliphatic carbocycles. The zero-order valence-electron chi connectivity index (χ0n) is 14.6. The average molecular weight is 345 g/mol. The summed E-state index contributed by atoms with van der Waals surface area (Å²) >= 11 is 0. The van der Waals surface area contributed by atoms with Gasteiger partial charge in [-0.25, -0.2) is 0 Å². The molecule has 0 atom stereocenters. The Kier molecular flexibility index (Phi) is 6.76. The number of rotatable bonds is 3. The van der Waals surface area contributed by atoms with E-state index in [2.05, 4.69) is 10.2 Å². The van der Waals surface area contributed by atoms with E-state index in [-0.39, 0.29) is 17.8 Å². The van der Waals surface area contributed by atoms with Crippen LogP contribution in [-0.4, -0.2) is 50.7 Å². The van der Waals surface area contributed by atoms with Crippen LogP contribution in [0.1, 0.15) is 57.8 Å². The first-order valence-corrected chi connectivity index (χ1v) is 9.19. The molecule has 0 radical (unpaired) electrons. The molecule has 3 rings (SSSR count). The molecule has 1 saturated carbocycles. The van der Waals surface area contributed by atoms with Crippen LogP contribution < -0.4 is 5.32 Å². The molecule has 134 valence electrons. The van der Waals surface area contributed by atoms with Crippen molar-refractivity contribution in [2.24, 2.45) is 10.8 Å². The van der Waals surface area contributed by atoms with Gasteiger partial charge in [0, 0.05) is 20.2 Å². The van der Waals surface area contributed by atoms with Crippen LogP contribution in [0.2, 0.25) is 0 Å². The van der Waals surface area contributed by atoms with Crippen molar-refractivity contribution in [3.63, 3.8) is 0 Å². The lowest BCUT2D eigenvalue weighted by Crippen LogP contribution is -2.55. The van der Waals surface area contributed by atoms with Gasteiger partial charge in [-0.05, 0) is 57.0 Å². The number of halogens is 1. The van der Waals surface area contributed by atoms with Gasteiger partial charge in [0.1, 0.15) is 0 Å². The molecule has 1 amide bonds. The molecule has 2 heterocycles. The highest BCUT2D eigenvalue weighted by molar-refractivity contribution is 5.85. The summed E-state index contributed by atoms with van der Waals surface area (Å²) in [6, 6.07) is 0. The zero-order valence-corrected chi connectivity index (χ0v) is 15.4. The van der Waals surface area contributed by atoms with E-state index in [1.54, 1.807) is 7.11 Å². The standard InChI is InChI=1S/C18H32N2O2.ClH/c1-22-15-18(9-11-19-12-10-18)16(21)20-13-5-8-17(14-20)6-3-2-4-7-17;/h19H,2-15H2,1H3;1H. The monoisotopic (exact) mass is 344 g/mol. The van der Waals surface area contributed by atoms with E-state index in [0.29, 0.717) is 17.9 Å². The normalized spacial score (nSPS) is 26.6. The number of amides is 1. The predicted molar refractivity (Wildman–Crippen MR) is 95.0 cm³/mol. The highest BCUT2D eigenvalue weighted by Gasteiger charge is 2.45. The lowest BCUT2D eigenvalue weighted by Gasteiger charge is -2.48. The lowest BCUT2D eigenvalue weighted by molar-refractivity contribution is -0.152. The molecule has 5 heteroatoms. The lowest BCUT2D eigenvalue weighted by atomic mass is 9.68. The fourth-order valence-electron chi connectivity index (χ4n) is 5.03. The number of nitrogens with one attached hydrogen (secondary N) is 1. The van der Waals surface area contributed by atoms with E-state index in [1.807, 2.05) is 0 Å². The number of piperidine rings is 2. The summed E-state index contributed by atoms with van der Waals surface area (Å²) in [5, 5.41) is 3.39. The highest BCUT2D eigenvalue weighted by atomic mass is 35.5. The molecule has 4 nitrogen and oxygen atoms in total. The topological polar surface area (TPSA) is 41.6 Å². The highest BCUT2D eigenvalue weighted by Crippen LogP contribution is 2.44. The van der Waals surface area contributed by atoms with Crippen LogP contribution in [0.25, 0.3) is 0 Å². The molecule has 1 N–H and O–H groups in total. The van der Waals surface area contributed by atoms with Gasteiger partial charge < -0.3 is 15.0 Å². The van der Waals surface area contributed by atoms with Gasteiger partial charge in [0.15, 0.2) is 0 Å². The molecule has 0 aromatic rings. The second-order valence-corrected chi connectivity index (χ2v) is 7.85. The van der Waals surface area contributed by atoms with Gasteiger partial charge in [-0.15, -0.1) is 12.4 Å². The van der Waals surface area contributed by atoms with Crippen LogP contribution in [-0.2, 0) is 9.53 Å². The molecule has 3 fully saturated rings. The molecular weight excluding hydrogens is 312 g/mol. The summed E-state index contributed by atoms with van der Waals surface area (Å²) in [5.41, 5.74) is 0.167. The molecule has 23 heavy (non-hydrogen) atoms. The van der Waals surface area contributed by atoms with Crippen molar-refractivity contribution in [2.75, 3.05) is 39.9 Å². The number of hydrogen-bond acceptors (Lipinski definition) is 3. The van der Waals surface area contributed by atoms with Crippen molar-refractivity contribution in [1.82, 2.24) is 10.2 Å². The van der Waals surface area contributed by atoms with Crippen molar-refractivity contribution in [3.8, 4) is 0 Å². The van der Waals surface area contributed by atoms with E-state index in [9.17, 15) is 4.79 Å². The molecule has 0 aromatic heterocycles. The van der Waals surface area contributed by atoms with Crippen LogP contribution in [0.5, 0.6) is 0 Å².